The second kappa shape index (κ2) is 7.31. The van der Waals surface area contributed by atoms with Gasteiger partial charge < -0.3 is 15.6 Å². The van der Waals surface area contributed by atoms with Gasteiger partial charge in [-0.05, 0) is 23.8 Å². The maximum Gasteiger partial charge on any atom is 0.248 e. The van der Waals surface area contributed by atoms with Gasteiger partial charge in [0.1, 0.15) is 11.5 Å². The van der Waals surface area contributed by atoms with Crippen LogP contribution in [0, 0.1) is 0 Å². The molecule has 0 saturated carbocycles. The first-order valence-corrected chi connectivity index (χ1v) is 9.00. The first kappa shape index (κ1) is 17.7. The lowest BCUT2D eigenvalue weighted by Crippen LogP contribution is -2.32. The van der Waals surface area contributed by atoms with Crippen LogP contribution < -0.4 is 15.2 Å². The quantitative estimate of drug-likeness (QED) is 0.689. The zero-order valence-corrected chi connectivity index (χ0v) is 14.8. The van der Waals surface area contributed by atoms with Gasteiger partial charge in [-0.2, -0.15) is 0 Å². The highest BCUT2D eigenvalue weighted by Gasteiger charge is 2.24. The summed E-state index contributed by atoms with van der Waals surface area (Å²) in [5.74, 6) is -0.321. The van der Waals surface area contributed by atoms with Gasteiger partial charge in [0.05, 0.1) is 7.11 Å². The van der Waals surface area contributed by atoms with Crippen LogP contribution in [0.3, 0.4) is 0 Å². The molecule has 0 aliphatic carbocycles. The third-order valence-corrected chi connectivity index (χ3v) is 5.46. The van der Waals surface area contributed by atoms with Crippen molar-refractivity contribution in [1.82, 2.24) is 4.72 Å². The van der Waals surface area contributed by atoms with Gasteiger partial charge >= 0.3 is 0 Å². The fourth-order valence-corrected chi connectivity index (χ4v) is 3.97. The van der Waals surface area contributed by atoms with Gasteiger partial charge in [-0.1, -0.05) is 40.2 Å². The van der Waals surface area contributed by atoms with Gasteiger partial charge in [-0.15, -0.1) is 0 Å². The predicted molar refractivity (Wildman–Crippen MR) is 90.9 cm³/mol. The molecule has 0 radical (unpaired) electrons. The number of hydrogen-bond acceptors (Lipinski definition) is 5. The van der Waals surface area contributed by atoms with Crippen LogP contribution in [0.25, 0.3) is 0 Å². The number of benzene rings is 2. The SMILES string of the molecule is COc1cccc(O)c1S(=O)(=O)NCC(N)c1ccccc1Br. The summed E-state index contributed by atoms with van der Waals surface area (Å²) >= 11 is 3.38. The first-order valence-electron chi connectivity index (χ1n) is 6.72. The van der Waals surface area contributed by atoms with Crippen molar-refractivity contribution >= 4 is 26.0 Å². The number of ether oxygens (including phenoxy) is 1. The Morgan fingerprint density at radius 3 is 2.61 bits per heavy atom. The second-order valence-electron chi connectivity index (χ2n) is 4.79. The molecular weight excluding hydrogens is 384 g/mol. The molecule has 0 fully saturated rings. The minimum absolute atomic E-state index is 0.0254. The summed E-state index contributed by atoms with van der Waals surface area (Å²) in [6.07, 6.45) is 0. The molecular formula is C15H17BrN2O4S. The number of halogens is 1. The van der Waals surface area contributed by atoms with Gasteiger partial charge in [0.25, 0.3) is 0 Å². The van der Waals surface area contributed by atoms with E-state index in [1.165, 1.54) is 25.3 Å². The van der Waals surface area contributed by atoms with Gasteiger partial charge in [0.2, 0.25) is 10.0 Å². The highest BCUT2D eigenvalue weighted by molar-refractivity contribution is 9.10. The Balaban J connectivity index is 2.22. The summed E-state index contributed by atoms with van der Waals surface area (Å²) in [6.45, 7) is -0.0254. The van der Waals surface area contributed by atoms with E-state index in [-0.39, 0.29) is 22.9 Å². The number of aromatic hydroxyl groups is 1. The van der Waals surface area contributed by atoms with E-state index in [1.54, 1.807) is 0 Å². The summed E-state index contributed by atoms with van der Waals surface area (Å²) in [7, 11) is -2.64. The van der Waals surface area contributed by atoms with Crippen molar-refractivity contribution < 1.29 is 18.3 Å². The molecule has 0 bridgehead atoms. The third-order valence-electron chi connectivity index (χ3n) is 3.24. The van der Waals surface area contributed by atoms with Crippen LogP contribution in [0.4, 0.5) is 0 Å². The van der Waals surface area contributed by atoms with E-state index in [0.717, 1.165) is 10.0 Å². The Bertz CT molecular complexity index is 796. The van der Waals surface area contributed by atoms with Crippen molar-refractivity contribution in [2.45, 2.75) is 10.9 Å². The van der Waals surface area contributed by atoms with Crippen LogP contribution in [0.5, 0.6) is 11.5 Å². The highest BCUT2D eigenvalue weighted by atomic mass is 79.9. The van der Waals surface area contributed by atoms with E-state index < -0.39 is 16.1 Å². The zero-order valence-electron chi connectivity index (χ0n) is 12.4. The average molecular weight is 401 g/mol. The van der Waals surface area contributed by atoms with Crippen LogP contribution in [-0.2, 0) is 10.0 Å². The Hall–Kier alpha value is -1.61. The van der Waals surface area contributed by atoms with Gasteiger partial charge in [0.15, 0.2) is 4.90 Å². The van der Waals surface area contributed by atoms with Crippen molar-refractivity contribution in [2.75, 3.05) is 13.7 Å². The molecule has 2 aromatic rings. The van der Waals surface area contributed by atoms with Crippen LogP contribution >= 0.6 is 15.9 Å². The summed E-state index contributed by atoms with van der Waals surface area (Å²) in [4.78, 5) is -0.304. The van der Waals surface area contributed by atoms with E-state index in [9.17, 15) is 13.5 Å². The smallest absolute Gasteiger partial charge is 0.248 e. The maximum atomic E-state index is 12.4. The number of methoxy groups -OCH3 is 1. The predicted octanol–water partition coefficient (Wildman–Crippen LogP) is 2.14. The Kier molecular flexibility index (Phi) is 5.64. The summed E-state index contributed by atoms with van der Waals surface area (Å²) in [5, 5.41) is 9.85. The number of sulfonamides is 1. The Morgan fingerprint density at radius 2 is 1.96 bits per heavy atom. The summed E-state index contributed by atoms with van der Waals surface area (Å²) < 4.78 is 33.1. The monoisotopic (exact) mass is 400 g/mol. The molecule has 23 heavy (non-hydrogen) atoms. The lowest BCUT2D eigenvalue weighted by atomic mass is 10.1. The normalized spacial score (nSPS) is 12.8. The number of nitrogens with one attached hydrogen (secondary N) is 1. The molecule has 4 N–H and O–H groups in total. The van der Waals surface area contributed by atoms with Crippen molar-refractivity contribution in [3.63, 3.8) is 0 Å². The number of rotatable bonds is 6. The first-order chi connectivity index (χ1) is 10.9. The third kappa shape index (κ3) is 4.03. The van der Waals surface area contributed by atoms with Crippen LogP contribution in [-0.4, -0.2) is 27.2 Å². The van der Waals surface area contributed by atoms with E-state index in [4.69, 9.17) is 10.5 Å². The molecule has 2 aromatic carbocycles. The van der Waals surface area contributed by atoms with E-state index in [0.29, 0.717) is 0 Å². The molecule has 1 unspecified atom stereocenters. The molecule has 124 valence electrons. The van der Waals surface area contributed by atoms with Crippen molar-refractivity contribution in [2.24, 2.45) is 5.73 Å². The zero-order chi connectivity index (χ0) is 17.0. The largest absolute Gasteiger partial charge is 0.506 e. The maximum absolute atomic E-state index is 12.4. The lowest BCUT2D eigenvalue weighted by molar-refractivity contribution is 0.388. The highest BCUT2D eigenvalue weighted by Crippen LogP contribution is 2.32. The minimum Gasteiger partial charge on any atom is -0.506 e. The van der Waals surface area contributed by atoms with Crippen molar-refractivity contribution in [3.8, 4) is 11.5 Å². The average Bonchev–Trinajstić information content (AvgIpc) is 2.52. The van der Waals surface area contributed by atoms with Crippen LogP contribution in [0.1, 0.15) is 11.6 Å². The lowest BCUT2D eigenvalue weighted by Gasteiger charge is -2.16. The second-order valence-corrected chi connectivity index (χ2v) is 7.35. The fourth-order valence-electron chi connectivity index (χ4n) is 2.09. The molecule has 0 aromatic heterocycles. The van der Waals surface area contributed by atoms with Crippen LogP contribution in [0.2, 0.25) is 0 Å². The topological polar surface area (TPSA) is 102 Å². The molecule has 0 aliphatic heterocycles. The molecule has 8 heteroatoms. The molecule has 0 saturated heterocycles. The van der Waals surface area contributed by atoms with E-state index >= 15 is 0 Å². The molecule has 0 spiro atoms. The van der Waals surface area contributed by atoms with Gasteiger partial charge in [-0.25, -0.2) is 13.1 Å². The van der Waals surface area contributed by atoms with Crippen LogP contribution in [0.15, 0.2) is 51.8 Å². The van der Waals surface area contributed by atoms with E-state index in [1.807, 2.05) is 24.3 Å². The summed E-state index contributed by atoms with van der Waals surface area (Å²) in [6, 6.07) is 11.0. The number of hydrogen-bond donors (Lipinski definition) is 3. The Labute approximate surface area is 143 Å². The molecule has 1 atom stereocenters. The van der Waals surface area contributed by atoms with Gasteiger partial charge in [0, 0.05) is 17.1 Å². The standard InChI is InChI=1S/C15H17BrN2O4S/c1-22-14-8-4-7-13(19)15(14)23(20,21)18-9-12(17)10-5-2-3-6-11(10)16/h2-8,12,18-19H,9,17H2,1H3. The molecule has 6 nitrogen and oxygen atoms in total. The fraction of sp³-hybridized carbons (Fsp3) is 0.200. The van der Waals surface area contributed by atoms with Crippen molar-refractivity contribution in [3.05, 3.63) is 52.5 Å². The Morgan fingerprint density at radius 1 is 1.26 bits per heavy atom. The molecule has 0 amide bonds. The summed E-state index contributed by atoms with van der Waals surface area (Å²) in [5.41, 5.74) is 6.82. The minimum atomic E-state index is -3.97. The number of nitrogens with two attached hydrogens (primary N) is 1. The molecule has 2 rings (SSSR count). The number of phenols is 1. The van der Waals surface area contributed by atoms with Crippen molar-refractivity contribution in [1.29, 1.82) is 0 Å². The van der Waals surface area contributed by atoms with Gasteiger partial charge in [-0.3, -0.25) is 0 Å². The van der Waals surface area contributed by atoms with E-state index in [2.05, 4.69) is 20.7 Å². The molecule has 0 aliphatic rings. The molecule has 0 heterocycles. The number of phenolic OH excluding ortho intramolecular Hbond substituents is 1.